The molecule has 0 aromatic heterocycles. The van der Waals surface area contributed by atoms with Crippen LogP contribution in [0.1, 0.15) is 71.8 Å². The molecule has 6 rings (SSSR count). The third kappa shape index (κ3) is 2.52. The second-order valence-corrected chi connectivity index (χ2v) is 9.32. The van der Waals surface area contributed by atoms with Crippen molar-refractivity contribution in [3.05, 3.63) is 59.2 Å². The molecule has 2 heterocycles. The number of benzene rings is 2. The first kappa shape index (κ1) is 16.6. The van der Waals surface area contributed by atoms with Crippen molar-refractivity contribution in [2.75, 3.05) is 23.3 Å². The van der Waals surface area contributed by atoms with E-state index >= 15 is 0 Å². The van der Waals surface area contributed by atoms with E-state index in [1.165, 1.54) is 62.7 Å². The molecule has 1 N–H and O–H groups in total. The highest BCUT2D eigenvalue weighted by Gasteiger charge is 2.44. The minimum atomic E-state index is 0.00201. The largest absolute Gasteiger partial charge is 0.370 e. The number of anilines is 2. The van der Waals surface area contributed by atoms with Crippen LogP contribution in [0.15, 0.2) is 42.5 Å². The van der Waals surface area contributed by atoms with Crippen LogP contribution in [0, 0.1) is 11.8 Å². The fourth-order valence-electron chi connectivity index (χ4n) is 6.63. The molecule has 2 aliphatic heterocycles. The van der Waals surface area contributed by atoms with Crippen molar-refractivity contribution in [1.82, 2.24) is 0 Å². The van der Waals surface area contributed by atoms with Crippen LogP contribution in [0.4, 0.5) is 11.4 Å². The molecular formula is C25H28N2O. The summed E-state index contributed by atoms with van der Waals surface area (Å²) in [6.07, 6.45) is 8.07. The number of hydrogen-bond donors (Lipinski definition) is 1. The van der Waals surface area contributed by atoms with Gasteiger partial charge in [0.2, 0.25) is 0 Å². The van der Waals surface area contributed by atoms with E-state index in [1.54, 1.807) is 5.69 Å². The van der Waals surface area contributed by atoms with Gasteiger partial charge in [0.25, 0.3) is 5.91 Å². The molecule has 2 fully saturated rings. The van der Waals surface area contributed by atoms with Crippen LogP contribution in [0.25, 0.3) is 0 Å². The molecule has 4 atom stereocenters. The highest BCUT2D eigenvalue weighted by Crippen LogP contribution is 2.56. The molecule has 2 aromatic rings. The molecule has 0 unspecified atom stereocenters. The summed E-state index contributed by atoms with van der Waals surface area (Å²) in [6, 6.07) is 14.2. The number of rotatable bonds is 2. The molecule has 3 heteroatoms. The molecule has 0 saturated heterocycles. The number of amides is 1. The number of carbonyl (C=O) groups excluding carboxylic acids is 1. The van der Waals surface area contributed by atoms with Gasteiger partial charge in [-0.2, -0.15) is 0 Å². The van der Waals surface area contributed by atoms with E-state index in [0.29, 0.717) is 11.8 Å². The third-order valence-corrected chi connectivity index (χ3v) is 7.81. The summed E-state index contributed by atoms with van der Waals surface area (Å²) in [4.78, 5) is 15.5. The van der Waals surface area contributed by atoms with Crippen LogP contribution in [0.2, 0.25) is 0 Å². The van der Waals surface area contributed by atoms with Crippen molar-refractivity contribution in [3.8, 4) is 0 Å². The zero-order valence-corrected chi connectivity index (χ0v) is 16.4. The highest BCUT2D eigenvalue weighted by atomic mass is 16.1. The normalized spacial score (nSPS) is 29.8. The Bertz CT molecular complexity index is 876. The van der Waals surface area contributed by atoms with E-state index in [2.05, 4.69) is 22.3 Å². The summed E-state index contributed by atoms with van der Waals surface area (Å²) < 4.78 is 0. The minimum absolute atomic E-state index is 0.00201. The van der Waals surface area contributed by atoms with Gasteiger partial charge in [-0.25, -0.2) is 0 Å². The molecule has 3 nitrogen and oxygen atoms in total. The summed E-state index contributed by atoms with van der Waals surface area (Å²) in [5.74, 6) is 2.99. The summed E-state index contributed by atoms with van der Waals surface area (Å²) in [5, 5.41) is 3.22. The number of nitrogens with one attached hydrogen (secondary N) is 1. The van der Waals surface area contributed by atoms with Crippen molar-refractivity contribution < 1.29 is 4.79 Å². The molecule has 2 saturated carbocycles. The predicted molar refractivity (Wildman–Crippen MR) is 113 cm³/mol. The van der Waals surface area contributed by atoms with Gasteiger partial charge >= 0.3 is 0 Å². The van der Waals surface area contributed by atoms with Crippen LogP contribution in [-0.2, 0) is 0 Å². The minimum Gasteiger partial charge on any atom is -0.370 e. The Hall–Kier alpha value is -2.29. The quantitative estimate of drug-likeness (QED) is 0.751. The van der Waals surface area contributed by atoms with Crippen LogP contribution >= 0.6 is 0 Å². The number of fused-ring (bicyclic) bond motifs is 4. The van der Waals surface area contributed by atoms with E-state index in [1.807, 2.05) is 30.3 Å². The second kappa shape index (κ2) is 6.37. The molecule has 1 amide bonds. The van der Waals surface area contributed by atoms with E-state index in [0.717, 1.165) is 23.1 Å². The van der Waals surface area contributed by atoms with Crippen LogP contribution < -0.4 is 10.2 Å². The molecule has 0 spiro atoms. The van der Waals surface area contributed by atoms with Crippen molar-refractivity contribution in [3.63, 3.8) is 0 Å². The standard InChI is InChI=1S/C25H28N2O/c28-25(16-6-2-1-3-7-16)26-19-12-22-20-10-4-8-17(20)14-27-15-18-9-5-11-21(18)23(13-19)24(22)27/h1-3,6-7,12-13,17-18,20-21H,4-5,8-11,14-15H2,(H,26,28)/t17-,18+,20-,21+. The molecule has 28 heavy (non-hydrogen) atoms. The maximum atomic E-state index is 12.8. The zero-order chi connectivity index (χ0) is 18.7. The lowest BCUT2D eigenvalue weighted by molar-refractivity contribution is 0.102. The van der Waals surface area contributed by atoms with Crippen LogP contribution in [0.5, 0.6) is 0 Å². The van der Waals surface area contributed by atoms with Gasteiger partial charge in [-0.05, 0) is 84.7 Å². The maximum absolute atomic E-state index is 12.8. The lowest BCUT2D eigenvalue weighted by atomic mass is 9.75. The number of hydrogen-bond acceptors (Lipinski definition) is 2. The number of carbonyl (C=O) groups is 1. The number of nitrogens with zero attached hydrogens (tertiary/aromatic N) is 1. The lowest BCUT2D eigenvalue weighted by Gasteiger charge is -2.46. The van der Waals surface area contributed by atoms with Crippen molar-refractivity contribution in [2.45, 2.75) is 50.4 Å². The Balaban J connectivity index is 1.43. The molecule has 144 valence electrons. The maximum Gasteiger partial charge on any atom is 0.255 e. The Morgan fingerprint density at radius 1 is 0.857 bits per heavy atom. The van der Waals surface area contributed by atoms with Crippen molar-refractivity contribution in [1.29, 1.82) is 0 Å². The first-order valence-electron chi connectivity index (χ1n) is 11.1. The van der Waals surface area contributed by atoms with Gasteiger partial charge in [0.1, 0.15) is 0 Å². The lowest BCUT2D eigenvalue weighted by Crippen LogP contribution is -2.43. The van der Waals surface area contributed by atoms with Crippen LogP contribution in [-0.4, -0.2) is 19.0 Å². The van der Waals surface area contributed by atoms with Gasteiger partial charge in [-0.1, -0.05) is 31.0 Å². The average Bonchev–Trinajstić information content (AvgIpc) is 3.38. The van der Waals surface area contributed by atoms with Crippen molar-refractivity contribution >= 4 is 17.3 Å². The summed E-state index contributed by atoms with van der Waals surface area (Å²) >= 11 is 0. The van der Waals surface area contributed by atoms with Crippen LogP contribution in [0.3, 0.4) is 0 Å². The van der Waals surface area contributed by atoms with E-state index < -0.39 is 0 Å². The third-order valence-electron chi connectivity index (χ3n) is 7.81. The molecule has 0 radical (unpaired) electrons. The van der Waals surface area contributed by atoms with Gasteiger partial charge in [-0.15, -0.1) is 0 Å². The second-order valence-electron chi connectivity index (χ2n) is 9.32. The Labute approximate surface area is 167 Å². The molecular weight excluding hydrogens is 344 g/mol. The average molecular weight is 373 g/mol. The Kier molecular flexibility index (Phi) is 3.78. The monoisotopic (exact) mass is 372 g/mol. The smallest absolute Gasteiger partial charge is 0.255 e. The Morgan fingerprint density at radius 3 is 2.07 bits per heavy atom. The Morgan fingerprint density at radius 2 is 1.46 bits per heavy atom. The van der Waals surface area contributed by atoms with E-state index in [9.17, 15) is 4.79 Å². The van der Waals surface area contributed by atoms with Gasteiger partial charge in [0.05, 0.1) is 0 Å². The molecule has 2 aromatic carbocycles. The van der Waals surface area contributed by atoms with Crippen molar-refractivity contribution in [2.24, 2.45) is 11.8 Å². The van der Waals surface area contributed by atoms with E-state index in [4.69, 9.17) is 0 Å². The SMILES string of the molecule is O=C(Nc1cc2c3c(c1)[C@@H]1CCC[C@@H]1CN3C[C@@H]1CCC[C@H]21)c1ccccc1. The van der Waals surface area contributed by atoms with Gasteiger partial charge < -0.3 is 10.2 Å². The molecule has 2 aliphatic carbocycles. The first-order valence-corrected chi connectivity index (χ1v) is 11.1. The molecule has 0 bridgehead atoms. The topological polar surface area (TPSA) is 32.3 Å². The fraction of sp³-hybridized carbons (Fsp3) is 0.480. The fourth-order valence-corrected chi connectivity index (χ4v) is 6.63. The first-order chi connectivity index (χ1) is 13.8. The van der Waals surface area contributed by atoms with E-state index in [-0.39, 0.29) is 5.91 Å². The molecule has 4 aliphatic rings. The summed E-state index contributed by atoms with van der Waals surface area (Å²) in [6.45, 7) is 2.51. The summed E-state index contributed by atoms with van der Waals surface area (Å²) in [7, 11) is 0. The zero-order valence-electron chi connectivity index (χ0n) is 16.4. The van der Waals surface area contributed by atoms with Gasteiger partial charge in [-0.3, -0.25) is 4.79 Å². The highest BCUT2D eigenvalue weighted by molar-refractivity contribution is 6.04. The van der Waals surface area contributed by atoms with Gasteiger partial charge in [0, 0.05) is 30.0 Å². The predicted octanol–water partition coefficient (Wildman–Crippen LogP) is 5.54. The van der Waals surface area contributed by atoms with Gasteiger partial charge in [0.15, 0.2) is 0 Å². The summed E-state index contributed by atoms with van der Waals surface area (Å²) in [5.41, 5.74) is 6.33.